The zero-order valence-electron chi connectivity index (χ0n) is 12.0. The quantitative estimate of drug-likeness (QED) is 0.850. The van der Waals surface area contributed by atoms with Crippen molar-refractivity contribution in [2.45, 2.75) is 31.5 Å². The Kier molecular flexibility index (Phi) is 3.04. The number of allylic oxidation sites excluding steroid dienone is 1. The molecule has 1 aromatic carbocycles. The molecule has 1 aliphatic heterocycles. The first-order valence-electron chi connectivity index (χ1n) is 7.49. The molecule has 22 heavy (non-hydrogen) atoms. The lowest BCUT2D eigenvalue weighted by Crippen LogP contribution is -2.12. The van der Waals surface area contributed by atoms with E-state index in [4.69, 9.17) is 5.26 Å². The summed E-state index contributed by atoms with van der Waals surface area (Å²) in [6, 6.07) is 12.0. The summed E-state index contributed by atoms with van der Waals surface area (Å²) in [5.74, 6) is 1.09. The first-order chi connectivity index (χ1) is 10.7. The highest BCUT2D eigenvalue weighted by molar-refractivity contribution is 5.48. The van der Waals surface area contributed by atoms with Crippen LogP contribution in [0.3, 0.4) is 0 Å². The molecule has 0 saturated heterocycles. The minimum Gasteiger partial charge on any atom is -0.239 e. The predicted molar refractivity (Wildman–Crippen MR) is 79.4 cm³/mol. The van der Waals surface area contributed by atoms with Crippen molar-refractivity contribution in [1.82, 2.24) is 14.8 Å². The predicted octanol–water partition coefficient (Wildman–Crippen LogP) is 3.60. The highest BCUT2D eigenvalue weighted by atomic mass is 19.1. The molecule has 2 heterocycles. The van der Waals surface area contributed by atoms with Gasteiger partial charge in [0, 0.05) is 6.42 Å². The van der Waals surface area contributed by atoms with Gasteiger partial charge in [-0.05, 0) is 24.5 Å². The van der Waals surface area contributed by atoms with Gasteiger partial charge in [-0.3, -0.25) is 0 Å². The summed E-state index contributed by atoms with van der Waals surface area (Å²) in [6.07, 6.45) is 2.78. The molecule has 0 spiro atoms. The Morgan fingerprint density at radius 3 is 2.77 bits per heavy atom. The average Bonchev–Trinajstić information content (AvgIpc) is 3.04. The third kappa shape index (κ3) is 2.12. The molecule has 2 aromatic rings. The first-order valence-corrected chi connectivity index (χ1v) is 7.49. The molecule has 0 bridgehead atoms. The number of fused-ring (bicyclic) bond motifs is 1. The smallest absolute Gasteiger partial charge is 0.174 e. The molecule has 1 fully saturated rings. The summed E-state index contributed by atoms with van der Waals surface area (Å²) < 4.78 is 15.9. The van der Waals surface area contributed by atoms with E-state index in [1.54, 1.807) is 4.68 Å². The van der Waals surface area contributed by atoms with Crippen molar-refractivity contribution in [3.8, 4) is 6.07 Å². The fraction of sp³-hybridized carbons (Fsp3) is 0.353. The van der Waals surface area contributed by atoms with E-state index in [-0.39, 0.29) is 12.0 Å². The second-order valence-electron chi connectivity index (χ2n) is 5.94. The summed E-state index contributed by atoms with van der Waals surface area (Å²) in [7, 11) is 0. The van der Waals surface area contributed by atoms with Crippen molar-refractivity contribution in [2.75, 3.05) is 0 Å². The maximum absolute atomic E-state index is 14.2. The first kappa shape index (κ1) is 13.2. The molecular formula is C17H15FN4. The molecule has 0 N–H and O–H groups in total. The molecule has 4 rings (SSSR count). The minimum atomic E-state index is -1.07. The van der Waals surface area contributed by atoms with Crippen molar-refractivity contribution in [3.63, 3.8) is 0 Å². The average molecular weight is 294 g/mol. The number of halogens is 1. The van der Waals surface area contributed by atoms with Crippen molar-refractivity contribution >= 4 is 6.08 Å². The monoisotopic (exact) mass is 294 g/mol. The second-order valence-corrected chi connectivity index (χ2v) is 5.94. The zero-order chi connectivity index (χ0) is 15.1. The van der Waals surface area contributed by atoms with Crippen LogP contribution in [-0.2, 0) is 0 Å². The Morgan fingerprint density at radius 1 is 1.27 bits per heavy atom. The summed E-state index contributed by atoms with van der Waals surface area (Å²) in [4.78, 5) is 4.34. The zero-order valence-corrected chi connectivity index (χ0v) is 12.0. The molecule has 2 aliphatic rings. The van der Waals surface area contributed by atoms with Crippen LogP contribution in [0.4, 0.5) is 4.39 Å². The van der Waals surface area contributed by atoms with Crippen LogP contribution in [0, 0.1) is 17.2 Å². The van der Waals surface area contributed by atoms with Crippen LogP contribution in [0.1, 0.15) is 48.7 Å². The van der Waals surface area contributed by atoms with E-state index in [1.807, 2.05) is 36.4 Å². The third-order valence-corrected chi connectivity index (χ3v) is 4.40. The van der Waals surface area contributed by atoms with E-state index in [1.165, 1.54) is 5.57 Å². The van der Waals surface area contributed by atoms with Gasteiger partial charge < -0.3 is 0 Å². The van der Waals surface area contributed by atoms with Crippen LogP contribution in [0.2, 0.25) is 0 Å². The number of hydrogen-bond donors (Lipinski definition) is 0. The maximum atomic E-state index is 14.2. The summed E-state index contributed by atoms with van der Waals surface area (Å²) in [5.41, 5.74) is 2.23. The van der Waals surface area contributed by atoms with Crippen molar-refractivity contribution < 1.29 is 4.39 Å². The van der Waals surface area contributed by atoms with Gasteiger partial charge in [0.2, 0.25) is 0 Å². The molecule has 5 heteroatoms. The van der Waals surface area contributed by atoms with E-state index >= 15 is 0 Å². The number of benzene rings is 1. The normalized spacial score (nSPS) is 26.2. The van der Waals surface area contributed by atoms with Gasteiger partial charge in [0.25, 0.3) is 0 Å². The third-order valence-electron chi connectivity index (χ3n) is 4.40. The van der Waals surface area contributed by atoms with E-state index in [0.29, 0.717) is 18.1 Å². The van der Waals surface area contributed by atoms with Gasteiger partial charge in [-0.1, -0.05) is 35.9 Å². The molecule has 0 radical (unpaired) electrons. The summed E-state index contributed by atoms with van der Waals surface area (Å²) in [6.45, 7) is 0. The number of aromatic nitrogens is 3. The Morgan fingerprint density at radius 2 is 2.05 bits per heavy atom. The van der Waals surface area contributed by atoms with Gasteiger partial charge in [-0.25, -0.2) is 14.1 Å². The molecule has 110 valence electrons. The van der Waals surface area contributed by atoms with E-state index in [0.717, 1.165) is 18.4 Å². The molecular weight excluding hydrogens is 279 g/mol. The van der Waals surface area contributed by atoms with Crippen molar-refractivity contribution in [3.05, 3.63) is 53.1 Å². The van der Waals surface area contributed by atoms with Crippen LogP contribution in [-0.4, -0.2) is 14.8 Å². The SMILES string of the molecule is N#CC1CC(=Cc2nc3n(n2)C(c2ccccc2)CC3F)C1. The van der Waals surface area contributed by atoms with E-state index in [9.17, 15) is 4.39 Å². The lowest BCUT2D eigenvalue weighted by molar-refractivity contribution is 0.328. The topological polar surface area (TPSA) is 54.5 Å². The molecule has 2 unspecified atom stereocenters. The van der Waals surface area contributed by atoms with Crippen molar-refractivity contribution in [2.24, 2.45) is 5.92 Å². The summed E-state index contributed by atoms with van der Waals surface area (Å²) in [5, 5.41) is 13.3. The molecule has 0 amide bonds. The lowest BCUT2D eigenvalue weighted by atomic mass is 9.81. The summed E-state index contributed by atoms with van der Waals surface area (Å²) >= 11 is 0. The number of rotatable bonds is 2. The van der Waals surface area contributed by atoms with Gasteiger partial charge in [0.1, 0.15) is 0 Å². The molecule has 4 nitrogen and oxygen atoms in total. The van der Waals surface area contributed by atoms with Gasteiger partial charge in [0.05, 0.1) is 18.0 Å². The second kappa shape index (κ2) is 5.06. The van der Waals surface area contributed by atoms with Gasteiger partial charge in [-0.15, -0.1) is 0 Å². The molecule has 2 atom stereocenters. The maximum Gasteiger partial charge on any atom is 0.174 e. The number of hydrogen-bond acceptors (Lipinski definition) is 3. The highest BCUT2D eigenvalue weighted by Crippen LogP contribution is 2.40. The Bertz CT molecular complexity index is 764. The molecule has 1 saturated carbocycles. The van der Waals surface area contributed by atoms with Crippen LogP contribution in [0.15, 0.2) is 35.9 Å². The van der Waals surface area contributed by atoms with Gasteiger partial charge in [-0.2, -0.15) is 10.4 Å². The van der Waals surface area contributed by atoms with Gasteiger partial charge in [0.15, 0.2) is 17.8 Å². The van der Waals surface area contributed by atoms with Crippen molar-refractivity contribution in [1.29, 1.82) is 5.26 Å². The highest BCUT2D eigenvalue weighted by Gasteiger charge is 2.35. The number of alkyl halides is 1. The molecule has 1 aliphatic carbocycles. The molecule has 1 aromatic heterocycles. The fourth-order valence-electron chi connectivity index (χ4n) is 3.18. The Balaban J connectivity index is 1.63. The van der Waals surface area contributed by atoms with E-state index < -0.39 is 6.17 Å². The van der Waals surface area contributed by atoms with Crippen LogP contribution in [0.5, 0.6) is 0 Å². The minimum absolute atomic E-state index is 0.0842. The Hall–Kier alpha value is -2.48. The number of nitrogens with zero attached hydrogens (tertiary/aromatic N) is 4. The van der Waals surface area contributed by atoms with Gasteiger partial charge >= 0.3 is 0 Å². The Labute approximate surface area is 127 Å². The lowest BCUT2D eigenvalue weighted by Gasteiger charge is -2.22. The standard InChI is InChI=1S/C17H15FN4/c18-14-9-15(13-4-2-1-3-5-13)22-17(14)20-16(21-22)8-11-6-12(7-11)10-19/h1-5,8,12,14-15H,6-7,9H2. The van der Waals surface area contributed by atoms with E-state index in [2.05, 4.69) is 16.2 Å². The van der Waals surface area contributed by atoms with Crippen LogP contribution < -0.4 is 0 Å². The fourth-order valence-corrected chi connectivity index (χ4v) is 3.18. The van der Waals surface area contributed by atoms with Crippen LogP contribution in [0.25, 0.3) is 6.08 Å². The van der Waals surface area contributed by atoms with Crippen LogP contribution >= 0.6 is 0 Å². The number of nitriles is 1. The largest absolute Gasteiger partial charge is 0.239 e.